The third-order valence-electron chi connectivity index (χ3n) is 6.48. The van der Waals surface area contributed by atoms with Gasteiger partial charge in [0.25, 0.3) is 0 Å². The van der Waals surface area contributed by atoms with Crippen molar-refractivity contribution >= 4 is 22.8 Å². The van der Waals surface area contributed by atoms with Gasteiger partial charge >= 0.3 is 0 Å². The molecule has 39 heavy (non-hydrogen) atoms. The SMILES string of the molecule is CN(C)C/C=C/C(=O)N1CC(O)(C#Cc2c(-c3ccc(Oc4ccccc4)cc3)c3c(N)ncnc3n2C)C1. The number of hydrogen-bond donors (Lipinski definition) is 2. The molecule has 9 nitrogen and oxygen atoms in total. The maximum absolute atomic E-state index is 12.4. The van der Waals surface area contributed by atoms with Crippen LogP contribution in [0.3, 0.4) is 0 Å². The third kappa shape index (κ3) is 5.48. The molecule has 0 radical (unpaired) electrons. The molecular weight excluding hydrogens is 492 g/mol. The van der Waals surface area contributed by atoms with Crippen molar-refractivity contribution in [3.63, 3.8) is 0 Å². The molecule has 9 heteroatoms. The minimum absolute atomic E-state index is 0.137. The predicted octanol–water partition coefficient (Wildman–Crippen LogP) is 3.05. The van der Waals surface area contributed by atoms with Gasteiger partial charge in [-0.15, -0.1) is 0 Å². The molecular formula is C30H30N6O3. The van der Waals surface area contributed by atoms with Gasteiger partial charge < -0.3 is 29.9 Å². The number of para-hydroxylation sites is 1. The number of likely N-dealkylation sites (N-methyl/N-ethyl adjacent to an activating group) is 1. The van der Waals surface area contributed by atoms with Gasteiger partial charge in [-0.05, 0) is 49.8 Å². The number of rotatable bonds is 6. The quantitative estimate of drug-likeness (QED) is 0.296. The summed E-state index contributed by atoms with van der Waals surface area (Å²) in [6.45, 7) is 0.939. The van der Waals surface area contributed by atoms with Crippen molar-refractivity contribution in [3.8, 4) is 34.5 Å². The van der Waals surface area contributed by atoms with Crippen molar-refractivity contribution in [2.45, 2.75) is 5.60 Å². The second-order valence-corrected chi connectivity index (χ2v) is 9.82. The number of nitrogens with zero attached hydrogens (tertiary/aromatic N) is 5. The van der Waals surface area contributed by atoms with Crippen molar-refractivity contribution < 1.29 is 14.6 Å². The minimum atomic E-state index is -1.30. The molecule has 2 aromatic carbocycles. The molecule has 0 aliphatic carbocycles. The highest BCUT2D eigenvalue weighted by molar-refractivity contribution is 6.03. The Balaban J connectivity index is 1.44. The number of amides is 1. The first-order valence-corrected chi connectivity index (χ1v) is 12.5. The molecule has 1 fully saturated rings. The summed E-state index contributed by atoms with van der Waals surface area (Å²) >= 11 is 0. The molecule has 0 atom stereocenters. The maximum atomic E-state index is 12.4. The van der Waals surface area contributed by atoms with Gasteiger partial charge in [0.05, 0.1) is 18.5 Å². The van der Waals surface area contributed by atoms with E-state index >= 15 is 0 Å². The van der Waals surface area contributed by atoms with Crippen LogP contribution in [-0.4, -0.2) is 74.7 Å². The van der Waals surface area contributed by atoms with Crippen LogP contribution in [0.4, 0.5) is 5.82 Å². The van der Waals surface area contributed by atoms with E-state index in [1.165, 1.54) is 12.4 Å². The van der Waals surface area contributed by atoms with E-state index in [-0.39, 0.29) is 19.0 Å². The summed E-state index contributed by atoms with van der Waals surface area (Å²) in [6.07, 6.45) is 4.75. The number of aliphatic hydroxyl groups is 1. The minimum Gasteiger partial charge on any atom is -0.457 e. The zero-order valence-electron chi connectivity index (χ0n) is 22.1. The number of carbonyl (C=O) groups excluding carboxylic acids is 1. The summed E-state index contributed by atoms with van der Waals surface area (Å²) in [4.78, 5) is 24.5. The van der Waals surface area contributed by atoms with Crippen LogP contribution >= 0.6 is 0 Å². The molecule has 0 saturated carbocycles. The fraction of sp³-hybridized carbons (Fsp3) is 0.233. The molecule has 1 aliphatic rings. The monoisotopic (exact) mass is 522 g/mol. The Hall–Kier alpha value is -4.65. The number of aromatic nitrogens is 3. The lowest BCUT2D eigenvalue weighted by Crippen LogP contribution is -2.62. The summed E-state index contributed by atoms with van der Waals surface area (Å²) in [5, 5.41) is 11.7. The average molecular weight is 523 g/mol. The fourth-order valence-electron chi connectivity index (χ4n) is 4.48. The lowest BCUT2D eigenvalue weighted by Gasteiger charge is -2.42. The number of aryl methyl sites for hydroxylation is 1. The molecule has 3 N–H and O–H groups in total. The molecule has 0 bridgehead atoms. The van der Waals surface area contributed by atoms with Crippen LogP contribution in [0.25, 0.3) is 22.2 Å². The molecule has 1 saturated heterocycles. The third-order valence-corrected chi connectivity index (χ3v) is 6.48. The Kier molecular flexibility index (Phi) is 7.07. The first kappa shape index (κ1) is 26.0. The Morgan fingerprint density at radius 1 is 1.13 bits per heavy atom. The van der Waals surface area contributed by atoms with Gasteiger partial charge in [-0.25, -0.2) is 9.97 Å². The zero-order valence-corrected chi connectivity index (χ0v) is 22.1. The van der Waals surface area contributed by atoms with Crippen LogP contribution in [0.2, 0.25) is 0 Å². The smallest absolute Gasteiger partial charge is 0.246 e. The molecule has 3 heterocycles. The van der Waals surface area contributed by atoms with Gasteiger partial charge in [-0.3, -0.25) is 4.79 Å². The highest BCUT2D eigenvalue weighted by Crippen LogP contribution is 2.37. The van der Waals surface area contributed by atoms with Crippen LogP contribution in [0.15, 0.2) is 73.1 Å². The van der Waals surface area contributed by atoms with Gasteiger partial charge in [-0.2, -0.15) is 0 Å². The van der Waals surface area contributed by atoms with Crippen molar-refractivity contribution in [2.75, 3.05) is 39.5 Å². The number of likely N-dealkylation sites (tertiary alicyclic amines) is 1. The Bertz CT molecular complexity index is 1590. The number of benzene rings is 2. The van der Waals surface area contributed by atoms with E-state index in [1.807, 2.05) is 85.2 Å². The van der Waals surface area contributed by atoms with E-state index < -0.39 is 5.60 Å². The summed E-state index contributed by atoms with van der Waals surface area (Å²) in [6, 6.07) is 17.2. The molecule has 1 aliphatic heterocycles. The van der Waals surface area contributed by atoms with E-state index in [9.17, 15) is 9.90 Å². The first-order valence-electron chi connectivity index (χ1n) is 12.5. The number of anilines is 1. The van der Waals surface area contributed by atoms with Gasteiger partial charge in [0.1, 0.15) is 35.0 Å². The van der Waals surface area contributed by atoms with Gasteiger partial charge in [0.2, 0.25) is 5.91 Å². The van der Waals surface area contributed by atoms with E-state index in [0.29, 0.717) is 34.8 Å². The van der Waals surface area contributed by atoms with E-state index in [4.69, 9.17) is 10.5 Å². The molecule has 1 amide bonds. The summed E-state index contributed by atoms with van der Waals surface area (Å²) in [7, 11) is 5.71. The molecule has 198 valence electrons. The summed E-state index contributed by atoms with van der Waals surface area (Å²) in [5.41, 5.74) is 7.89. The van der Waals surface area contributed by atoms with Crippen LogP contribution in [-0.2, 0) is 11.8 Å². The number of carbonyl (C=O) groups is 1. The van der Waals surface area contributed by atoms with Crippen LogP contribution < -0.4 is 10.5 Å². The second kappa shape index (κ2) is 10.6. The molecule has 5 rings (SSSR count). The van der Waals surface area contributed by atoms with Gasteiger partial charge in [0, 0.05) is 25.2 Å². The highest BCUT2D eigenvalue weighted by Gasteiger charge is 2.41. The molecule has 2 aromatic heterocycles. The number of fused-ring (bicyclic) bond motifs is 1. The summed E-state index contributed by atoms with van der Waals surface area (Å²) in [5.74, 6) is 7.78. The normalized spacial score (nSPS) is 14.3. The maximum Gasteiger partial charge on any atom is 0.246 e. The van der Waals surface area contributed by atoms with Gasteiger partial charge in [-0.1, -0.05) is 42.3 Å². The van der Waals surface area contributed by atoms with Crippen molar-refractivity contribution in [2.24, 2.45) is 7.05 Å². The number of hydrogen-bond acceptors (Lipinski definition) is 7. The van der Waals surface area contributed by atoms with E-state index in [1.54, 1.807) is 11.0 Å². The first-order chi connectivity index (χ1) is 18.7. The number of nitrogens with two attached hydrogens (primary N) is 1. The summed E-state index contributed by atoms with van der Waals surface area (Å²) < 4.78 is 7.79. The molecule has 0 spiro atoms. The second-order valence-electron chi connectivity index (χ2n) is 9.82. The Morgan fingerprint density at radius 2 is 1.82 bits per heavy atom. The number of β-amino-alcohol motifs (C(OH)–C–C–N with tert-alkyl or cyclic N) is 1. The Morgan fingerprint density at radius 3 is 2.51 bits per heavy atom. The van der Waals surface area contributed by atoms with E-state index in [2.05, 4.69) is 21.8 Å². The number of nitrogen functional groups attached to an aromatic ring is 1. The van der Waals surface area contributed by atoms with Crippen LogP contribution in [0, 0.1) is 11.8 Å². The lowest BCUT2D eigenvalue weighted by molar-refractivity contribution is -0.141. The van der Waals surface area contributed by atoms with E-state index in [0.717, 1.165) is 16.9 Å². The number of ether oxygens (including phenoxy) is 1. The molecule has 0 unspecified atom stereocenters. The standard InChI is InChI=1S/C30H30N6O3/c1-34(2)17-7-10-25(37)36-18-30(38,19-36)16-15-24-26(27-28(31)32-20-33-29(27)35(24)3)21-11-13-23(14-12-21)39-22-8-5-4-6-9-22/h4-14,20,38H,17-19H2,1-3H3,(H2,31,32,33)/b10-7+. The van der Waals surface area contributed by atoms with Crippen molar-refractivity contribution in [1.82, 2.24) is 24.3 Å². The van der Waals surface area contributed by atoms with Crippen LogP contribution in [0.5, 0.6) is 11.5 Å². The zero-order chi connectivity index (χ0) is 27.6. The van der Waals surface area contributed by atoms with Crippen molar-refractivity contribution in [1.29, 1.82) is 0 Å². The molecule has 4 aromatic rings. The van der Waals surface area contributed by atoms with Crippen molar-refractivity contribution in [3.05, 3.63) is 78.8 Å². The largest absolute Gasteiger partial charge is 0.457 e. The Labute approximate surface area is 227 Å². The fourth-order valence-corrected chi connectivity index (χ4v) is 4.48. The van der Waals surface area contributed by atoms with Gasteiger partial charge in [0.15, 0.2) is 5.60 Å². The topological polar surface area (TPSA) is 110 Å². The average Bonchev–Trinajstić information content (AvgIpc) is 3.19. The lowest BCUT2D eigenvalue weighted by atomic mass is 9.94. The highest BCUT2D eigenvalue weighted by atomic mass is 16.5. The predicted molar refractivity (Wildman–Crippen MR) is 151 cm³/mol. The van der Waals surface area contributed by atoms with Crippen LogP contribution in [0.1, 0.15) is 5.69 Å².